The van der Waals surface area contributed by atoms with Gasteiger partial charge in [0.15, 0.2) is 11.7 Å². The van der Waals surface area contributed by atoms with Crippen molar-refractivity contribution < 1.29 is 14.7 Å². The van der Waals surface area contributed by atoms with Crippen molar-refractivity contribution in [3.8, 4) is 0 Å². The minimum absolute atomic E-state index is 0.360. The van der Waals surface area contributed by atoms with E-state index in [9.17, 15) is 14.7 Å². The number of carbonyl (C=O) groups is 2. The van der Waals surface area contributed by atoms with Crippen LogP contribution in [0.25, 0.3) is 0 Å². The molecule has 0 spiro atoms. The Morgan fingerprint density at radius 1 is 1.30 bits per heavy atom. The van der Waals surface area contributed by atoms with Gasteiger partial charge in [-0.15, -0.1) is 0 Å². The molecule has 0 bridgehead atoms. The topological polar surface area (TPSA) is 82.0 Å². The second-order valence-corrected chi connectivity index (χ2v) is 6.49. The van der Waals surface area contributed by atoms with E-state index in [0.29, 0.717) is 29.0 Å². The number of para-hydroxylation sites is 1. The van der Waals surface area contributed by atoms with Gasteiger partial charge in [-0.05, 0) is 37.4 Å². The average Bonchev–Trinajstić information content (AvgIpc) is 2.98. The Bertz CT molecular complexity index is 686. The highest BCUT2D eigenvalue weighted by Gasteiger charge is 2.44. The summed E-state index contributed by atoms with van der Waals surface area (Å²) >= 11 is 0. The number of carboxylic acid groups (broad SMARTS) is 1. The lowest BCUT2D eigenvalue weighted by Gasteiger charge is -2.28. The third-order valence-corrected chi connectivity index (χ3v) is 5.10. The molecule has 3 unspecified atom stereocenters. The van der Waals surface area contributed by atoms with E-state index in [0.717, 1.165) is 32.5 Å². The molecule has 2 fully saturated rings. The average molecular weight is 313 g/mol. The molecule has 3 aliphatic heterocycles. The van der Waals surface area contributed by atoms with Crippen molar-refractivity contribution in [2.75, 3.05) is 19.6 Å². The first-order valence-electron chi connectivity index (χ1n) is 8.08. The van der Waals surface area contributed by atoms with Gasteiger partial charge in [0, 0.05) is 24.7 Å². The van der Waals surface area contributed by atoms with Crippen molar-refractivity contribution in [3.05, 3.63) is 29.8 Å². The van der Waals surface area contributed by atoms with E-state index in [4.69, 9.17) is 0 Å². The van der Waals surface area contributed by atoms with Gasteiger partial charge in [0.1, 0.15) is 5.84 Å². The lowest BCUT2D eigenvalue weighted by Crippen LogP contribution is -2.45. The lowest BCUT2D eigenvalue weighted by atomic mass is 9.91. The summed E-state index contributed by atoms with van der Waals surface area (Å²) in [6.45, 7) is 2.50. The number of hydrogen-bond acceptors (Lipinski definition) is 5. The molecule has 1 aromatic carbocycles. The quantitative estimate of drug-likeness (QED) is 0.764. The van der Waals surface area contributed by atoms with Crippen molar-refractivity contribution in [2.24, 2.45) is 16.8 Å². The third kappa shape index (κ3) is 2.34. The summed E-state index contributed by atoms with van der Waals surface area (Å²) in [5.41, 5.74) is 0.978. The van der Waals surface area contributed by atoms with Crippen LogP contribution in [0.15, 0.2) is 29.3 Å². The predicted molar refractivity (Wildman–Crippen MR) is 85.1 cm³/mol. The Balaban J connectivity index is 1.72. The molecule has 23 heavy (non-hydrogen) atoms. The summed E-state index contributed by atoms with van der Waals surface area (Å²) in [4.78, 5) is 30.9. The van der Waals surface area contributed by atoms with Gasteiger partial charge in [-0.25, -0.2) is 4.99 Å². The van der Waals surface area contributed by atoms with E-state index >= 15 is 0 Å². The number of piperidine rings is 1. The molecule has 0 saturated carbocycles. The minimum Gasteiger partial charge on any atom is -0.480 e. The molecule has 0 aliphatic carbocycles. The Morgan fingerprint density at radius 3 is 2.91 bits per heavy atom. The van der Waals surface area contributed by atoms with Crippen LogP contribution in [0.2, 0.25) is 0 Å². The zero-order chi connectivity index (χ0) is 16.0. The van der Waals surface area contributed by atoms with Gasteiger partial charge in [0.25, 0.3) is 0 Å². The monoisotopic (exact) mass is 313 g/mol. The molecule has 0 amide bonds. The van der Waals surface area contributed by atoms with Crippen LogP contribution in [0.3, 0.4) is 0 Å². The number of rotatable bonds is 1. The van der Waals surface area contributed by atoms with E-state index in [2.05, 4.69) is 10.3 Å². The molecule has 6 nitrogen and oxygen atoms in total. The molecule has 120 valence electrons. The van der Waals surface area contributed by atoms with Crippen molar-refractivity contribution in [1.29, 1.82) is 0 Å². The van der Waals surface area contributed by atoms with Gasteiger partial charge in [-0.1, -0.05) is 12.1 Å². The summed E-state index contributed by atoms with van der Waals surface area (Å²) in [6, 6.07) is 7.35. The Labute approximate surface area is 134 Å². The molecule has 2 saturated heterocycles. The molecular formula is C17H19N3O3. The number of carbonyl (C=O) groups excluding carboxylic acids is 1. The molecule has 2 N–H and O–H groups in total. The summed E-state index contributed by atoms with van der Waals surface area (Å²) < 4.78 is 0. The van der Waals surface area contributed by atoms with Crippen LogP contribution in [0.1, 0.15) is 23.2 Å². The van der Waals surface area contributed by atoms with Crippen LogP contribution in [-0.4, -0.2) is 53.3 Å². The Kier molecular flexibility index (Phi) is 3.41. The molecule has 3 aliphatic rings. The largest absolute Gasteiger partial charge is 0.480 e. The number of Topliss-reactive ketones (excluding diaryl/α,β-unsaturated/α-hetero) is 1. The van der Waals surface area contributed by atoms with Crippen LogP contribution < -0.4 is 5.32 Å². The van der Waals surface area contributed by atoms with Gasteiger partial charge in [-0.2, -0.15) is 0 Å². The normalized spacial score (nSPS) is 29.7. The predicted octanol–water partition coefficient (Wildman–Crippen LogP) is 1.30. The van der Waals surface area contributed by atoms with E-state index in [1.165, 1.54) is 0 Å². The summed E-state index contributed by atoms with van der Waals surface area (Å²) in [5, 5.41) is 13.1. The van der Waals surface area contributed by atoms with E-state index in [1.54, 1.807) is 18.2 Å². The second kappa shape index (κ2) is 5.45. The van der Waals surface area contributed by atoms with Gasteiger partial charge in [0.05, 0.1) is 5.69 Å². The molecule has 0 aromatic heterocycles. The number of aliphatic carboxylic acids is 1. The smallest absolute Gasteiger partial charge is 0.322 e. The van der Waals surface area contributed by atoms with Crippen LogP contribution >= 0.6 is 0 Å². The summed E-state index contributed by atoms with van der Waals surface area (Å²) in [7, 11) is 0. The Hall–Kier alpha value is -2.21. The fourth-order valence-corrected chi connectivity index (χ4v) is 3.95. The number of hydrogen-bond donors (Lipinski definition) is 2. The maximum absolute atomic E-state index is 12.6. The molecule has 6 heteroatoms. The van der Waals surface area contributed by atoms with E-state index < -0.39 is 11.9 Å². The van der Waals surface area contributed by atoms with Crippen LogP contribution in [0, 0.1) is 11.8 Å². The van der Waals surface area contributed by atoms with Crippen molar-refractivity contribution >= 4 is 23.3 Å². The van der Waals surface area contributed by atoms with Gasteiger partial charge in [-0.3, -0.25) is 9.59 Å². The number of nitrogens with zero attached hydrogens (tertiary/aromatic N) is 2. The molecular weight excluding hydrogens is 294 g/mol. The number of carboxylic acids is 1. The fourth-order valence-electron chi connectivity index (χ4n) is 3.95. The van der Waals surface area contributed by atoms with Gasteiger partial charge in [0.2, 0.25) is 0 Å². The molecule has 3 heterocycles. The number of nitrogens with one attached hydrogen (secondary N) is 1. The summed E-state index contributed by atoms with van der Waals surface area (Å²) in [6.07, 6.45) is 2.29. The van der Waals surface area contributed by atoms with E-state index in [-0.39, 0.29) is 5.78 Å². The maximum Gasteiger partial charge on any atom is 0.322 e. The SMILES string of the molecule is O=C(O)C1C(=O)c2ccccc2N=C1N1CC2CCCNC2C1. The first kappa shape index (κ1) is 14.4. The van der Waals surface area contributed by atoms with Crippen LogP contribution in [0.4, 0.5) is 5.69 Å². The fraction of sp³-hybridized carbons (Fsp3) is 0.471. The first-order valence-corrected chi connectivity index (χ1v) is 8.08. The number of fused-ring (bicyclic) bond motifs is 2. The van der Waals surface area contributed by atoms with Crippen molar-refractivity contribution in [3.63, 3.8) is 0 Å². The van der Waals surface area contributed by atoms with Gasteiger partial charge < -0.3 is 15.3 Å². The van der Waals surface area contributed by atoms with Crippen LogP contribution in [-0.2, 0) is 4.79 Å². The highest BCUT2D eigenvalue weighted by Crippen LogP contribution is 2.33. The maximum atomic E-state index is 12.6. The first-order chi connectivity index (χ1) is 11.1. The zero-order valence-electron chi connectivity index (χ0n) is 12.7. The van der Waals surface area contributed by atoms with Gasteiger partial charge >= 0.3 is 5.97 Å². The standard InChI is InChI=1S/C17H19N3O3/c21-15-11-5-1-2-6-12(11)19-16(14(15)17(22)23)20-8-10-4-3-7-18-13(10)9-20/h1-2,5-6,10,13-14,18H,3-4,7-9H2,(H,22,23). The third-order valence-electron chi connectivity index (χ3n) is 5.10. The number of benzene rings is 1. The second-order valence-electron chi connectivity index (χ2n) is 6.49. The number of aliphatic imine (C=N–C) groups is 1. The summed E-state index contributed by atoms with van der Waals surface area (Å²) in [5.74, 6) is -1.76. The van der Waals surface area contributed by atoms with Crippen molar-refractivity contribution in [1.82, 2.24) is 10.2 Å². The highest BCUT2D eigenvalue weighted by atomic mass is 16.4. The molecule has 3 atom stereocenters. The zero-order valence-corrected chi connectivity index (χ0v) is 12.7. The van der Waals surface area contributed by atoms with Crippen molar-refractivity contribution in [2.45, 2.75) is 18.9 Å². The molecule has 4 rings (SSSR count). The van der Waals surface area contributed by atoms with E-state index in [1.807, 2.05) is 11.0 Å². The number of likely N-dealkylation sites (tertiary alicyclic amines) is 1. The lowest BCUT2D eigenvalue weighted by molar-refractivity contribution is -0.138. The number of ketones is 1. The van der Waals surface area contributed by atoms with Crippen LogP contribution in [0.5, 0.6) is 0 Å². The highest BCUT2D eigenvalue weighted by molar-refractivity contribution is 6.26. The molecule has 0 radical (unpaired) electrons. The number of amidine groups is 1. The minimum atomic E-state index is -1.19. The Morgan fingerprint density at radius 2 is 2.13 bits per heavy atom. The molecule has 1 aromatic rings.